The van der Waals surface area contributed by atoms with Crippen LogP contribution in [-0.2, 0) is 12.6 Å². The first-order valence-corrected chi connectivity index (χ1v) is 9.31. The van der Waals surface area contributed by atoms with Gasteiger partial charge in [0.1, 0.15) is 5.69 Å². The number of nitrogens with zero attached hydrogens (tertiary/aromatic N) is 4. The monoisotopic (exact) mass is 399 g/mol. The van der Waals surface area contributed by atoms with E-state index in [1.807, 2.05) is 26.0 Å². The highest BCUT2D eigenvalue weighted by atomic mass is 19.4. The fourth-order valence-corrected chi connectivity index (χ4v) is 3.57. The van der Waals surface area contributed by atoms with Crippen LogP contribution in [0.1, 0.15) is 41.6 Å². The molecule has 8 heteroatoms. The smallest absolute Gasteiger partial charge is 0.305 e. The topological polar surface area (TPSA) is 51.0 Å². The first-order chi connectivity index (χ1) is 13.8. The summed E-state index contributed by atoms with van der Waals surface area (Å²) in [6, 6.07) is 8.29. The van der Waals surface area contributed by atoms with E-state index in [9.17, 15) is 18.0 Å². The number of halogens is 3. The lowest BCUT2D eigenvalue weighted by Gasteiger charge is -2.32. The van der Waals surface area contributed by atoms with Crippen molar-refractivity contribution in [1.29, 1.82) is 0 Å². The Bertz CT molecular complexity index is 1060. The first-order valence-electron chi connectivity index (χ1n) is 9.31. The average Bonchev–Trinajstić information content (AvgIpc) is 3.16. The number of fused-ring (bicyclic) bond motifs is 1. The number of hydrogen-bond acceptors (Lipinski definition) is 3. The van der Waals surface area contributed by atoms with Crippen LogP contribution in [0, 0.1) is 0 Å². The van der Waals surface area contributed by atoms with E-state index in [0.717, 1.165) is 29.8 Å². The summed E-state index contributed by atoms with van der Waals surface area (Å²) in [5, 5.41) is 4.39. The Kier molecular flexibility index (Phi) is 4.64. The number of benzene rings is 1. The summed E-state index contributed by atoms with van der Waals surface area (Å²) in [6.45, 7) is 4.25. The molecule has 2 aromatic heterocycles. The highest BCUT2D eigenvalue weighted by Gasteiger charge is 2.35. The number of pyridine rings is 1. The third-order valence-corrected chi connectivity index (χ3v) is 5.10. The molecule has 0 bridgehead atoms. The maximum atomic E-state index is 13.3. The van der Waals surface area contributed by atoms with Crippen molar-refractivity contribution < 1.29 is 18.0 Å². The molecular formula is C21H19F3N4O. The second-order valence-corrected chi connectivity index (χ2v) is 7.05. The summed E-state index contributed by atoms with van der Waals surface area (Å²) < 4.78 is 40.3. The Morgan fingerprint density at radius 2 is 1.90 bits per heavy atom. The fourth-order valence-electron chi connectivity index (χ4n) is 3.57. The Hall–Kier alpha value is -3.16. The number of amides is 1. The van der Waals surface area contributed by atoms with Crippen LogP contribution in [-0.4, -0.2) is 27.2 Å². The Balaban J connectivity index is 1.74. The molecule has 3 aromatic rings. The van der Waals surface area contributed by atoms with Crippen molar-refractivity contribution in [1.82, 2.24) is 14.8 Å². The predicted molar refractivity (Wildman–Crippen MR) is 103 cm³/mol. The number of hydrogen-bond donors (Lipinski definition) is 0. The van der Waals surface area contributed by atoms with Gasteiger partial charge in [-0.2, -0.15) is 18.3 Å². The van der Waals surface area contributed by atoms with Gasteiger partial charge in [-0.3, -0.25) is 14.5 Å². The zero-order valence-corrected chi connectivity index (χ0v) is 15.9. The van der Waals surface area contributed by atoms with Crippen LogP contribution >= 0.6 is 0 Å². The molecular weight excluding hydrogens is 380 g/mol. The van der Waals surface area contributed by atoms with Gasteiger partial charge in [0.2, 0.25) is 0 Å². The summed E-state index contributed by atoms with van der Waals surface area (Å²) >= 11 is 0. The van der Waals surface area contributed by atoms with Gasteiger partial charge < -0.3 is 4.90 Å². The van der Waals surface area contributed by atoms with Gasteiger partial charge >= 0.3 is 6.18 Å². The molecule has 150 valence electrons. The van der Waals surface area contributed by atoms with Crippen LogP contribution in [0.4, 0.5) is 18.9 Å². The van der Waals surface area contributed by atoms with Crippen molar-refractivity contribution in [2.75, 3.05) is 11.4 Å². The molecule has 0 saturated heterocycles. The van der Waals surface area contributed by atoms with Crippen LogP contribution in [0.2, 0.25) is 0 Å². The molecule has 0 aliphatic carbocycles. The lowest BCUT2D eigenvalue weighted by molar-refractivity contribution is -0.137. The minimum absolute atomic E-state index is 0.119. The molecule has 4 rings (SSSR count). The largest absolute Gasteiger partial charge is 0.416 e. The fraction of sp³-hybridized carbons (Fsp3) is 0.286. The third-order valence-electron chi connectivity index (χ3n) is 5.10. The molecule has 0 N–H and O–H groups in total. The SMILES string of the molecule is C[C@H]1CN(c2ccc(C(F)(F)F)cc2)C(=O)c2c(-c3ccnc(C[11CH3])c3)cnn21. The standard InChI is InChI=1S/C21H19F3N4O/c1-3-16-10-14(8-9-25-16)18-11-26-28-13(2)12-27(20(29)19(18)28)17-6-4-15(5-7-17)21(22,23)24/h4-11,13H,3,12H2,1-2H3/t13-/m0/s1/i1-1. The third kappa shape index (κ3) is 3.39. The predicted octanol–water partition coefficient (Wildman–Crippen LogP) is 4.75. The molecule has 0 saturated carbocycles. The van der Waals surface area contributed by atoms with E-state index in [2.05, 4.69) is 10.1 Å². The molecule has 0 radical (unpaired) electrons. The molecule has 1 aliphatic heterocycles. The minimum Gasteiger partial charge on any atom is -0.305 e. The summed E-state index contributed by atoms with van der Waals surface area (Å²) in [5.74, 6) is -0.287. The molecule has 5 nitrogen and oxygen atoms in total. The number of carbonyl (C=O) groups is 1. The van der Waals surface area contributed by atoms with Gasteiger partial charge in [-0.05, 0) is 55.3 Å². The number of aryl methyl sites for hydroxylation is 1. The Labute approximate surface area is 165 Å². The number of aromatic nitrogens is 3. The van der Waals surface area contributed by atoms with E-state index in [4.69, 9.17) is 0 Å². The van der Waals surface area contributed by atoms with E-state index >= 15 is 0 Å². The van der Waals surface area contributed by atoms with Crippen LogP contribution in [0.15, 0.2) is 48.8 Å². The van der Waals surface area contributed by atoms with Gasteiger partial charge in [-0.1, -0.05) is 6.92 Å². The first kappa shape index (κ1) is 19.2. The van der Waals surface area contributed by atoms with Crippen molar-refractivity contribution in [3.63, 3.8) is 0 Å². The number of carbonyl (C=O) groups excluding carboxylic acids is 1. The summed E-state index contributed by atoms with van der Waals surface area (Å²) in [6.07, 6.45) is -0.293. The zero-order valence-electron chi connectivity index (χ0n) is 15.9. The lowest BCUT2D eigenvalue weighted by atomic mass is 10.0. The zero-order chi connectivity index (χ0) is 20.8. The molecule has 3 heterocycles. The molecule has 1 atom stereocenters. The summed E-state index contributed by atoms with van der Waals surface area (Å²) in [5.41, 5.74) is 2.55. The molecule has 0 unspecified atom stereocenters. The maximum absolute atomic E-state index is 13.3. The van der Waals surface area contributed by atoms with Crippen LogP contribution < -0.4 is 4.90 Å². The summed E-state index contributed by atoms with van der Waals surface area (Å²) in [4.78, 5) is 19.1. The highest BCUT2D eigenvalue weighted by molar-refractivity contribution is 6.09. The number of alkyl halides is 3. The average molecular weight is 399 g/mol. The molecule has 1 amide bonds. The second-order valence-electron chi connectivity index (χ2n) is 7.05. The van der Waals surface area contributed by atoms with E-state index in [1.54, 1.807) is 17.1 Å². The van der Waals surface area contributed by atoms with Gasteiger partial charge in [-0.15, -0.1) is 0 Å². The molecule has 29 heavy (non-hydrogen) atoms. The van der Waals surface area contributed by atoms with E-state index in [1.165, 1.54) is 17.0 Å². The Morgan fingerprint density at radius 3 is 2.55 bits per heavy atom. The number of rotatable bonds is 3. The highest BCUT2D eigenvalue weighted by Crippen LogP contribution is 2.34. The Morgan fingerprint density at radius 1 is 1.17 bits per heavy atom. The molecule has 0 fully saturated rings. The van der Waals surface area contributed by atoms with Crippen LogP contribution in [0.25, 0.3) is 11.1 Å². The maximum Gasteiger partial charge on any atom is 0.416 e. The van der Waals surface area contributed by atoms with Gasteiger partial charge in [0.25, 0.3) is 5.91 Å². The van der Waals surface area contributed by atoms with Gasteiger partial charge in [0, 0.05) is 29.7 Å². The normalized spacial score (nSPS) is 16.8. The number of anilines is 1. The van der Waals surface area contributed by atoms with E-state index in [0.29, 0.717) is 23.5 Å². The second kappa shape index (κ2) is 7.02. The van der Waals surface area contributed by atoms with Crippen molar-refractivity contribution in [3.05, 3.63) is 65.7 Å². The van der Waals surface area contributed by atoms with Gasteiger partial charge in [0.15, 0.2) is 0 Å². The van der Waals surface area contributed by atoms with E-state index < -0.39 is 11.7 Å². The van der Waals surface area contributed by atoms with Crippen molar-refractivity contribution in [2.45, 2.75) is 32.5 Å². The van der Waals surface area contributed by atoms with E-state index in [-0.39, 0.29) is 11.9 Å². The minimum atomic E-state index is -4.41. The van der Waals surface area contributed by atoms with Gasteiger partial charge in [-0.25, -0.2) is 0 Å². The molecule has 1 aliphatic rings. The van der Waals surface area contributed by atoms with Crippen LogP contribution in [0.3, 0.4) is 0 Å². The molecule has 1 aromatic carbocycles. The quantitative estimate of drug-likeness (QED) is 0.639. The lowest BCUT2D eigenvalue weighted by Crippen LogP contribution is -2.42. The molecule has 0 spiro atoms. The van der Waals surface area contributed by atoms with Gasteiger partial charge in [0.05, 0.1) is 17.8 Å². The van der Waals surface area contributed by atoms with Crippen LogP contribution in [0.5, 0.6) is 0 Å². The van der Waals surface area contributed by atoms with Crippen molar-refractivity contribution in [3.8, 4) is 11.1 Å². The van der Waals surface area contributed by atoms with Crippen molar-refractivity contribution >= 4 is 11.6 Å². The van der Waals surface area contributed by atoms with Crippen molar-refractivity contribution in [2.24, 2.45) is 0 Å². The summed E-state index contributed by atoms with van der Waals surface area (Å²) in [7, 11) is 0.